The van der Waals surface area contributed by atoms with Gasteiger partial charge >= 0.3 is 0 Å². The van der Waals surface area contributed by atoms with Gasteiger partial charge in [0.15, 0.2) is 0 Å². The van der Waals surface area contributed by atoms with Gasteiger partial charge in [-0.1, -0.05) is 39.0 Å². The first kappa shape index (κ1) is 14.8. The summed E-state index contributed by atoms with van der Waals surface area (Å²) in [5.74, 6) is 0.626. The molecule has 1 aromatic carbocycles. The molecule has 1 aromatic heterocycles. The molecule has 1 aliphatic rings. The molecule has 2 aromatic rings. The van der Waals surface area contributed by atoms with Gasteiger partial charge in [0, 0.05) is 15.3 Å². The lowest BCUT2D eigenvalue weighted by molar-refractivity contribution is 0.302. The van der Waals surface area contributed by atoms with Gasteiger partial charge < -0.3 is 0 Å². The summed E-state index contributed by atoms with van der Waals surface area (Å²) >= 11 is 1.74. The minimum absolute atomic E-state index is 0.280. The third-order valence-electron chi connectivity index (χ3n) is 4.93. The van der Waals surface area contributed by atoms with E-state index in [0.29, 0.717) is 11.5 Å². The van der Waals surface area contributed by atoms with Crippen LogP contribution in [0, 0.1) is 34.5 Å². The Morgan fingerprint density at radius 3 is 2.64 bits per heavy atom. The van der Waals surface area contributed by atoms with E-state index in [0.717, 1.165) is 16.9 Å². The summed E-state index contributed by atoms with van der Waals surface area (Å²) in [6.07, 6.45) is 0.959. The minimum atomic E-state index is -0.397. The van der Waals surface area contributed by atoms with Crippen LogP contribution in [0.3, 0.4) is 0 Å². The van der Waals surface area contributed by atoms with Crippen molar-refractivity contribution >= 4 is 11.3 Å². The minimum Gasteiger partial charge on any atom is -0.197 e. The van der Waals surface area contributed by atoms with Crippen LogP contribution in [0.25, 0.3) is 10.4 Å². The Labute approximate surface area is 135 Å². The third-order valence-corrected chi connectivity index (χ3v) is 6.12. The van der Waals surface area contributed by atoms with Gasteiger partial charge in [-0.2, -0.15) is 10.5 Å². The van der Waals surface area contributed by atoms with Crippen LogP contribution >= 0.6 is 11.3 Å². The van der Waals surface area contributed by atoms with Crippen molar-refractivity contribution in [3.63, 3.8) is 0 Å². The first-order valence-electron chi connectivity index (χ1n) is 7.58. The molecule has 0 bridgehead atoms. The Morgan fingerprint density at radius 2 is 2.00 bits per heavy atom. The first-order valence-corrected chi connectivity index (χ1v) is 8.40. The first-order chi connectivity index (χ1) is 10.5. The molecule has 0 N–H and O–H groups in total. The van der Waals surface area contributed by atoms with Crippen molar-refractivity contribution in [2.75, 3.05) is 0 Å². The van der Waals surface area contributed by atoms with E-state index in [1.165, 1.54) is 10.4 Å². The molecule has 1 aliphatic carbocycles. The summed E-state index contributed by atoms with van der Waals surface area (Å²) in [6.45, 7) is 6.45. The fourth-order valence-corrected chi connectivity index (χ4v) is 5.14. The van der Waals surface area contributed by atoms with Gasteiger partial charge in [-0.05, 0) is 36.0 Å². The number of rotatable bonds is 2. The lowest BCUT2D eigenvalue weighted by Crippen LogP contribution is -2.34. The lowest BCUT2D eigenvalue weighted by atomic mass is 9.69. The molecule has 22 heavy (non-hydrogen) atoms. The topological polar surface area (TPSA) is 47.6 Å². The van der Waals surface area contributed by atoms with E-state index in [1.54, 1.807) is 11.3 Å². The van der Waals surface area contributed by atoms with E-state index in [4.69, 9.17) is 0 Å². The molecule has 2 nitrogen and oxygen atoms in total. The Hall–Kier alpha value is -2.10. The van der Waals surface area contributed by atoms with Gasteiger partial charge in [-0.25, -0.2) is 0 Å². The molecule has 0 saturated heterocycles. The van der Waals surface area contributed by atoms with Crippen LogP contribution in [0.4, 0.5) is 0 Å². The maximum absolute atomic E-state index is 9.89. The zero-order chi connectivity index (χ0) is 15.9. The Balaban J connectivity index is 2.17. The van der Waals surface area contributed by atoms with E-state index in [9.17, 15) is 10.5 Å². The molecule has 0 aliphatic heterocycles. The van der Waals surface area contributed by atoms with Crippen molar-refractivity contribution in [1.29, 1.82) is 10.5 Å². The zero-order valence-electron chi connectivity index (χ0n) is 13.1. The molecule has 0 unspecified atom stereocenters. The molecular formula is C19H18N2S. The average Bonchev–Trinajstić information content (AvgIpc) is 3.02. The second kappa shape index (κ2) is 5.27. The van der Waals surface area contributed by atoms with Crippen LogP contribution in [0.2, 0.25) is 0 Å². The Morgan fingerprint density at radius 1 is 1.27 bits per heavy atom. The van der Waals surface area contributed by atoms with Gasteiger partial charge in [-0.3, -0.25) is 0 Å². The quantitative estimate of drug-likeness (QED) is 0.792. The van der Waals surface area contributed by atoms with E-state index in [2.05, 4.69) is 39.0 Å². The van der Waals surface area contributed by atoms with Gasteiger partial charge in [0.1, 0.15) is 0 Å². The van der Waals surface area contributed by atoms with E-state index >= 15 is 0 Å². The number of hydrogen-bond donors (Lipinski definition) is 0. The van der Waals surface area contributed by atoms with Crippen LogP contribution in [0.1, 0.15) is 36.8 Å². The maximum atomic E-state index is 9.89. The SMILES string of the molecule is CC(C)[C@@]1(C#N)c2cc(-c3ccccc3C#N)sc2C[C@@H]1C. The Bertz CT molecular complexity index is 804. The molecule has 0 spiro atoms. The number of benzene rings is 1. The number of nitrogens with zero attached hydrogens (tertiary/aromatic N) is 2. The lowest BCUT2D eigenvalue weighted by Gasteiger charge is -2.31. The number of fused-ring (bicyclic) bond motifs is 1. The largest absolute Gasteiger partial charge is 0.197 e. The summed E-state index contributed by atoms with van der Waals surface area (Å²) < 4.78 is 0. The summed E-state index contributed by atoms with van der Waals surface area (Å²) in [5.41, 5.74) is 2.46. The number of thiophene rings is 1. The maximum Gasteiger partial charge on any atom is 0.0998 e. The molecule has 0 fully saturated rings. The molecule has 3 heteroatoms. The normalized spacial score (nSPS) is 23.1. The Kier molecular flexibility index (Phi) is 3.55. The van der Waals surface area contributed by atoms with Crippen molar-refractivity contribution in [2.45, 2.75) is 32.6 Å². The summed E-state index contributed by atoms with van der Waals surface area (Å²) in [6, 6.07) is 14.7. The molecule has 1 heterocycles. The predicted octanol–water partition coefficient (Wildman–Crippen LogP) is 4.90. The molecule has 110 valence electrons. The van der Waals surface area contributed by atoms with Crippen LogP contribution in [-0.4, -0.2) is 0 Å². The van der Waals surface area contributed by atoms with Crippen LogP contribution < -0.4 is 0 Å². The van der Waals surface area contributed by atoms with Gasteiger partial charge in [0.05, 0.1) is 23.1 Å². The molecule has 0 radical (unpaired) electrons. The van der Waals surface area contributed by atoms with Crippen LogP contribution in [0.15, 0.2) is 30.3 Å². The van der Waals surface area contributed by atoms with Crippen molar-refractivity contribution in [2.24, 2.45) is 11.8 Å². The van der Waals surface area contributed by atoms with Crippen LogP contribution in [0.5, 0.6) is 0 Å². The highest BCUT2D eigenvalue weighted by Gasteiger charge is 2.48. The summed E-state index contributed by atoms with van der Waals surface area (Å²) in [5, 5.41) is 19.2. The monoisotopic (exact) mass is 306 g/mol. The summed E-state index contributed by atoms with van der Waals surface area (Å²) in [7, 11) is 0. The van der Waals surface area contributed by atoms with E-state index in [1.807, 2.05) is 24.3 Å². The third kappa shape index (κ3) is 1.90. The molecule has 0 amide bonds. The molecule has 2 atom stereocenters. The van der Waals surface area contributed by atoms with Gasteiger partial charge in [-0.15, -0.1) is 11.3 Å². The van der Waals surface area contributed by atoms with E-state index < -0.39 is 5.41 Å². The highest BCUT2D eigenvalue weighted by Crippen LogP contribution is 2.52. The highest BCUT2D eigenvalue weighted by molar-refractivity contribution is 7.15. The van der Waals surface area contributed by atoms with E-state index in [-0.39, 0.29) is 5.92 Å². The van der Waals surface area contributed by atoms with Crippen molar-refractivity contribution < 1.29 is 0 Å². The molecule has 3 rings (SSSR count). The van der Waals surface area contributed by atoms with Crippen molar-refractivity contribution in [1.82, 2.24) is 0 Å². The van der Waals surface area contributed by atoms with Gasteiger partial charge in [0.2, 0.25) is 0 Å². The standard InChI is InChI=1S/C19H18N2S/c1-12(2)19(11-21)13(3)8-18-16(19)9-17(22-18)15-7-5-4-6-14(15)10-20/h4-7,9,12-13H,8H2,1-3H3/t13-,19+/m0/s1. The summed E-state index contributed by atoms with van der Waals surface area (Å²) in [4.78, 5) is 2.42. The average molecular weight is 306 g/mol. The second-order valence-corrected chi connectivity index (χ2v) is 7.48. The van der Waals surface area contributed by atoms with Crippen molar-refractivity contribution in [3.8, 4) is 22.6 Å². The van der Waals surface area contributed by atoms with Crippen LogP contribution in [-0.2, 0) is 11.8 Å². The zero-order valence-corrected chi connectivity index (χ0v) is 13.9. The highest BCUT2D eigenvalue weighted by atomic mass is 32.1. The fourth-order valence-electron chi connectivity index (χ4n) is 3.74. The molecule has 0 saturated carbocycles. The fraction of sp³-hybridized carbons (Fsp3) is 0.368. The number of hydrogen-bond acceptors (Lipinski definition) is 3. The van der Waals surface area contributed by atoms with Crippen molar-refractivity contribution in [3.05, 3.63) is 46.3 Å². The molecular weight excluding hydrogens is 288 g/mol. The number of nitriles is 2. The van der Waals surface area contributed by atoms with Gasteiger partial charge in [0.25, 0.3) is 0 Å². The second-order valence-electron chi connectivity index (χ2n) is 6.35. The predicted molar refractivity (Wildman–Crippen MR) is 89.5 cm³/mol. The smallest absolute Gasteiger partial charge is 0.0998 e.